The number of carbonyl (C=O) groups is 1. The minimum absolute atomic E-state index is 0.0163. The molecule has 2 rings (SSSR count). The van der Waals surface area contributed by atoms with Crippen LogP contribution in [0.1, 0.15) is 15.9 Å². The number of thioether (sulfide) groups is 1. The number of Topliss-reactive ketones (excluding diaryl/α,β-unsaturated/α-hetero) is 1. The first kappa shape index (κ1) is 14.4. The predicted octanol–water partition coefficient (Wildman–Crippen LogP) is 5.14. The summed E-state index contributed by atoms with van der Waals surface area (Å²) in [6.07, 6.45) is 2.22. The van der Waals surface area contributed by atoms with Gasteiger partial charge in [0.2, 0.25) is 0 Å². The number of halogens is 2. The molecular formula is C15H12Cl2OS. The lowest BCUT2D eigenvalue weighted by Gasteiger charge is -2.06. The van der Waals surface area contributed by atoms with Gasteiger partial charge in [0.15, 0.2) is 5.78 Å². The second-order valence-corrected chi connectivity index (χ2v) is 5.72. The Morgan fingerprint density at radius 1 is 1.05 bits per heavy atom. The third-order valence-corrected chi connectivity index (χ3v) is 4.26. The first-order valence-electron chi connectivity index (χ1n) is 5.72. The third-order valence-electron chi connectivity index (χ3n) is 2.81. The van der Waals surface area contributed by atoms with E-state index in [2.05, 4.69) is 0 Å². The smallest absolute Gasteiger partial charge is 0.167 e. The van der Waals surface area contributed by atoms with Gasteiger partial charge in [0.05, 0.1) is 0 Å². The van der Waals surface area contributed by atoms with Crippen molar-refractivity contribution in [1.82, 2.24) is 0 Å². The Bertz CT molecular complexity index is 573. The van der Waals surface area contributed by atoms with Crippen LogP contribution in [0, 0.1) is 0 Å². The Labute approximate surface area is 126 Å². The highest BCUT2D eigenvalue weighted by Crippen LogP contribution is 2.26. The average molecular weight is 311 g/mol. The van der Waals surface area contributed by atoms with Crippen LogP contribution in [-0.2, 0) is 6.42 Å². The number of carbonyl (C=O) groups excluding carboxylic acids is 1. The van der Waals surface area contributed by atoms with Gasteiger partial charge in [0.25, 0.3) is 0 Å². The number of hydrogen-bond acceptors (Lipinski definition) is 2. The molecule has 4 heteroatoms. The quantitative estimate of drug-likeness (QED) is 0.574. The molecule has 0 aliphatic carbocycles. The van der Waals surface area contributed by atoms with E-state index in [0.29, 0.717) is 21.2 Å². The maximum Gasteiger partial charge on any atom is 0.167 e. The molecule has 0 aliphatic rings. The molecule has 0 fully saturated rings. The third kappa shape index (κ3) is 3.53. The average Bonchev–Trinajstić information content (AvgIpc) is 2.43. The van der Waals surface area contributed by atoms with Gasteiger partial charge in [0, 0.05) is 26.9 Å². The van der Waals surface area contributed by atoms with Gasteiger partial charge in [-0.15, -0.1) is 11.8 Å². The molecule has 19 heavy (non-hydrogen) atoms. The molecule has 2 aromatic carbocycles. The highest BCUT2D eigenvalue weighted by Gasteiger charge is 2.12. The molecule has 98 valence electrons. The van der Waals surface area contributed by atoms with Crippen molar-refractivity contribution in [2.45, 2.75) is 11.3 Å². The number of rotatable bonds is 4. The van der Waals surface area contributed by atoms with Crippen LogP contribution in [0.4, 0.5) is 0 Å². The summed E-state index contributed by atoms with van der Waals surface area (Å²) in [6.45, 7) is 0. The Kier molecular flexibility index (Phi) is 4.92. The van der Waals surface area contributed by atoms with Crippen molar-refractivity contribution in [3.63, 3.8) is 0 Å². The van der Waals surface area contributed by atoms with E-state index in [-0.39, 0.29) is 12.2 Å². The zero-order valence-corrected chi connectivity index (χ0v) is 12.6. The van der Waals surface area contributed by atoms with Gasteiger partial charge >= 0.3 is 0 Å². The fourth-order valence-corrected chi connectivity index (χ4v) is 2.68. The monoisotopic (exact) mass is 310 g/mol. The van der Waals surface area contributed by atoms with Crippen molar-refractivity contribution in [2.24, 2.45) is 0 Å². The van der Waals surface area contributed by atoms with Gasteiger partial charge in [-0.3, -0.25) is 4.79 Å². The van der Waals surface area contributed by atoms with Gasteiger partial charge in [-0.05, 0) is 36.1 Å². The lowest BCUT2D eigenvalue weighted by atomic mass is 10.0. The summed E-state index contributed by atoms with van der Waals surface area (Å²) >= 11 is 13.8. The standard InChI is InChI=1S/C15H12Cl2OS/c1-19-11-7-5-10(6-8-11)15(18)9-12-13(16)3-2-4-14(12)17/h2-8H,9H2,1H3. The van der Waals surface area contributed by atoms with E-state index in [1.807, 2.05) is 30.5 Å². The summed E-state index contributed by atoms with van der Waals surface area (Å²) in [6, 6.07) is 12.8. The Balaban J connectivity index is 2.20. The van der Waals surface area contributed by atoms with Gasteiger partial charge in [-0.2, -0.15) is 0 Å². The SMILES string of the molecule is CSc1ccc(C(=O)Cc2c(Cl)cccc2Cl)cc1. The number of ketones is 1. The van der Waals surface area contributed by atoms with E-state index in [0.717, 1.165) is 4.90 Å². The van der Waals surface area contributed by atoms with Crippen LogP contribution in [0.3, 0.4) is 0 Å². The summed E-state index contributed by atoms with van der Waals surface area (Å²) in [5.74, 6) is 0.0163. The van der Waals surface area contributed by atoms with Crippen molar-refractivity contribution < 1.29 is 4.79 Å². The zero-order valence-electron chi connectivity index (χ0n) is 10.3. The van der Waals surface area contributed by atoms with Crippen molar-refractivity contribution >= 4 is 40.7 Å². The molecule has 0 heterocycles. The molecular weight excluding hydrogens is 299 g/mol. The molecule has 0 N–H and O–H groups in total. The molecule has 1 nitrogen and oxygen atoms in total. The molecule has 0 spiro atoms. The molecule has 0 radical (unpaired) electrons. The lowest BCUT2D eigenvalue weighted by Crippen LogP contribution is -2.04. The molecule has 0 saturated heterocycles. The van der Waals surface area contributed by atoms with Crippen LogP contribution in [0.25, 0.3) is 0 Å². The molecule has 0 atom stereocenters. The van der Waals surface area contributed by atoms with E-state index in [1.165, 1.54) is 0 Å². The molecule has 0 aliphatic heterocycles. The minimum atomic E-state index is 0.0163. The van der Waals surface area contributed by atoms with E-state index in [9.17, 15) is 4.79 Å². The molecule has 2 aromatic rings. The summed E-state index contributed by atoms with van der Waals surface area (Å²) in [7, 11) is 0. The van der Waals surface area contributed by atoms with Gasteiger partial charge in [0.1, 0.15) is 0 Å². The number of benzene rings is 2. The summed E-state index contributed by atoms with van der Waals surface area (Å²) in [5, 5.41) is 1.06. The molecule has 0 bridgehead atoms. The topological polar surface area (TPSA) is 17.1 Å². The predicted molar refractivity (Wildman–Crippen MR) is 82.7 cm³/mol. The second kappa shape index (κ2) is 6.47. The number of hydrogen-bond donors (Lipinski definition) is 0. The van der Waals surface area contributed by atoms with Crippen LogP contribution < -0.4 is 0 Å². The Hall–Kier alpha value is -0.960. The van der Waals surface area contributed by atoms with Crippen LogP contribution >= 0.6 is 35.0 Å². The van der Waals surface area contributed by atoms with Crippen molar-refractivity contribution in [2.75, 3.05) is 6.26 Å². The van der Waals surface area contributed by atoms with Gasteiger partial charge in [-0.1, -0.05) is 41.4 Å². The van der Waals surface area contributed by atoms with Gasteiger partial charge < -0.3 is 0 Å². The normalized spacial score (nSPS) is 10.5. The van der Waals surface area contributed by atoms with E-state index < -0.39 is 0 Å². The Morgan fingerprint density at radius 2 is 1.63 bits per heavy atom. The fraction of sp³-hybridized carbons (Fsp3) is 0.133. The molecule has 0 amide bonds. The zero-order chi connectivity index (χ0) is 13.8. The van der Waals surface area contributed by atoms with Crippen LogP contribution in [0.5, 0.6) is 0 Å². The first-order valence-corrected chi connectivity index (χ1v) is 7.70. The van der Waals surface area contributed by atoms with Crippen molar-refractivity contribution in [3.8, 4) is 0 Å². The Morgan fingerprint density at radius 3 is 2.16 bits per heavy atom. The lowest BCUT2D eigenvalue weighted by molar-refractivity contribution is 0.0993. The van der Waals surface area contributed by atoms with E-state index in [1.54, 1.807) is 30.0 Å². The highest BCUT2D eigenvalue weighted by molar-refractivity contribution is 7.98. The van der Waals surface area contributed by atoms with Crippen LogP contribution in [0.15, 0.2) is 47.4 Å². The highest BCUT2D eigenvalue weighted by atomic mass is 35.5. The maximum absolute atomic E-state index is 12.2. The van der Waals surface area contributed by atoms with Crippen LogP contribution in [-0.4, -0.2) is 12.0 Å². The summed E-state index contributed by atoms with van der Waals surface area (Å²) in [4.78, 5) is 13.3. The summed E-state index contributed by atoms with van der Waals surface area (Å²) < 4.78 is 0. The largest absolute Gasteiger partial charge is 0.294 e. The van der Waals surface area contributed by atoms with Crippen LogP contribution in [0.2, 0.25) is 10.0 Å². The van der Waals surface area contributed by atoms with Crippen molar-refractivity contribution in [1.29, 1.82) is 0 Å². The fourth-order valence-electron chi connectivity index (χ4n) is 1.74. The minimum Gasteiger partial charge on any atom is -0.294 e. The maximum atomic E-state index is 12.2. The van der Waals surface area contributed by atoms with E-state index >= 15 is 0 Å². The van der Waals surface area contributed by atoms with Crippen molar-refractivity contribution in [3.05, 3.63) is 63.6 Å². The van der Waals surface area contributed by atoms with Gasteiger partial charge in [-0.25, -0.2) is 0 Å². The molecule has 0 unspecified atom stereocenters. The van der Waals surface area contributed by atoms with E-state index in [4.69, 9.17) is 23.2 Å². The first-order chi connectivity index (χ1) is 9.11. The second-order valence-electron chi connectivity index (χ2n) is 4.03. The summed E-state index contributed by atoms with van der Waals surface area (Å²) in [5.41, 5.74) is 1.36. The molecule has 0 saturated carbocycles. The molecule has 0 aromatic heterocycles.